The predicted molar refractivity (Wildman–Crippen MR) is 155 cm³/mol. The maximum absolute atomic E-state index is 13.1. The van der Waals surface area contributed by atoms with Crippen molar-refractivity contribution in [1.29, 1.82) is 0 Å². The number of halogens is 1. The highest BCUT2D eigenvalue weighted by Crippen LogP contribution is 2.26. The van der Waals surface area contributed by atoms with E-state index in [2.05, 4.69) is 10.3 Å². The largest absolute Gasteiger partial charge is 0.481 e. The van der Waals surface area contributed by atoms with Gasteiger partial charge in [-0.3, -0.25) is 19.8 Å². The highest BCUT2D eigenvalue weighted by atomic mass is 35.5. The number of benzene rings is 2. The van der Waals surface area contributed by atoms with E-state index in [1.165, 1.54) is 16.8 Å². The molecule has 1 heterocycles. The lowest BCUT2D eigenvalue weighted by molar-refractivity contribution is -0.137. The number of ether oxygens (including phenoxy) is 1. The molecule has 0 aliphatic carbocycles. The lowest BCUT2D eigenvalue weighted by atomic mass is 9.99. The van der Waals surface area contributed by atoms with Gasteiger partial charge < -0.3 is 19.6 Å². The van der Waals surface area contributed by atoms with Crippen molar-refractivity contribution in [3.05, 3.63) is 64.2 Å². The second-order valence-electron chi connectivity index (χ2n) is 10.9. The first-order valence-corrected chi connectivity index (χ1v) is 13.5. The summed E-state index contributed by atoms with van der Waals surface area (Å²) in [5.74, 6) is -1.09. The summed E-state index contributed by atoms with van der Waals surface area (Å²) in [5, 5.41) is 12.3. The third-order valence-corrected chi connectivity index (χ3v) is 6.68. The number of rotatable bonds is 7. The molecule has 0 aromatic heterocycles. The molecule has 1 atom stereocenters. The van der Waals surface area contributed by atoms with Crippen LogP contribution in [0.3, 0.4) is 0 Å². The van der Waals surface area contributed by atoms with Crippen molar-refractivity contribution in [3.63, 3.8) is 0 Å². The summed E-state index contributed by atoms with van der Waals surface area (Å²) in [4.78, 5) is 57.8. The van der Waals surface area contributed by atoms with Gasteiger partial charge in [-0.2, -0.15) is 0 Å². The van der Waals surface area contributed by atoms with E-state index in [9.17, 15) is 19.2 Å². The number of guanidine groups is 1. The molecule has 2 aromatic rings. The number of nitrogens with one attached hydrogen (secondary N) is 1. The summed E-state index contributed by atoms with van der Waals surface area (Å²) >= 11 is 6.00. The smallest absolute Gasteiger partial charge is 0.410 e. The number of hydrogen-bond acceptors (Lipinski definition) is 6. The van der Waals surface area contributed by atoms with Crippen molar-refractivity contribution < 1.29 is 29.0 Å². The van der Waals surface area contributed by atoms with Gasteiger partial charge in [-0.15, -0.1) is 0 Å². The lowest BCUT2D eigenvalue weighted by Crippen LogP contribution is -2.50. The molecule has 1 aliphatic rings. The number of nitrogens with zero attached hydrogens (tertiary/aromatic N) is 4. The number of hydrogen-bond donors (Lipinski definition) is 2. The Bertz CT molecular complexity index is 1310. The van der Waals surface area contributed by atoms with Crippen molar-refractivity contribution in [2.45, 2.75) is 65.3 Å². The molecule has 12 heteroatoms. The number of carboxylic acid groups (broad SMARTS) is 1. The molecule has 0 saturated carbocycles. The minimum Gasteiger partial charge on any atom is -0.481 e. The zero-order chi connectivity index (χ0) is 30.3. The average molecular weight is 586 g/mol. The average Bonchev–Trinajstić information content (AvgIpc) is 2.90. The van der Waals surface area contributed by atoms with Gasteiger partial charge in [0.25, 0.3) is 0 Å². The summed E-state index contributed by atoms with van der Waals surface area (Å²) < 4.78 is 5.52. The molecule has 0 bridgehead atoms. The minimum absolute atomic E-state index is 0.0471. The van der Waals surface area contributed by atoms with Gasteiger partial charge in [0, 0.05) is 31.2 Å². The number of urea groups is 1. The summed E-state index contributed by atoms with van der Waals surface area (Å²) in [6.07, 6.45) is 0.540. The predicted octanol–water partition coefficient (Wildman–Crippen LogP) is 4.78. The Hall–Kier alpha value is -4.12. The van der Waals surface area contributed by atoms with Crippen LogP contribution in [0.2, 0.25) is 5.02 Å². The van der Waals surface area contributed by atoms with Crippen LogP contribution < -0.4 is 5.32 Å². The molecular weight excluding hydrogens is 550 g/mol. The first-order chi connectivity index (χ1) is 19.3. The van der Waals surface area contributed by atoms with Crippen LogP contribution in [0, 0.1) is 0 Å². The van der Waals surface area contributed by atoms with Gasteiger partial charge >= 0.3 is 18.1 Å². The maximum atomic E-state index is 13.1. The highest BCUT2D eigenvalue weighted by Gasteiger charge is 2.26. The summed E-state index contributed by atoms with van der Waals surface area (Å²) in [6, 6.07) is 11.1. The molecule has 0 fully saturated rings. The van der Waals surface area contributed by atoms with Gasteiger partial charge in [0.05, 0.1) is 18.7 Å². The SMILES string of the molecule is CC(CC(=O)O)N(C)C(=O)NC(=Nc1ccc2c(c1)CN(C(=O)OC(C)(C)C)CC2)N(C=O)Cc1ccc(Cl)cc1. The molecule has 220 valence electrons. The van der Waals surface area contributed by atoms with Gasteiger partial charge in [0.1, 0.15) is 5.60 Å². The van der Waals surface area contributed by atoms with Crippen molar-refractivity contribution in [1.82, 2.24) is 20.0 Å². The molecule has 2 N–H and O–H groups in total. The van der Waals surface area contributed by atoms with Crippen molar-refractivity contribution in [3.8, 4) is 0 Å². The summed E-state index contributed by atoms with van der Waals surface area (Å²) in [5.41, 5.74) is 2.51. The molecule has 4 amide bonds. The second kappa shape index (κ2) is 13.5. The number of carbonyl (C=O) groups excluding carboxylic acids is 3. The molecule has 1 aliphatic heterocycles. The van der Waals surface area contributed by atoms with E-state index in [1.807, 2.05) is 26.8 Å². The van der Waals surface area contributed by atoms with E-state index in [0.717, 1.165) is 16.7 Å². The van der Waals surface area contributed by atoms with Crippen LogP contribution >= 0.6 is 11.6 Å². The fourth-order valence-corrected chi connectivity index (χ4v) is 4.23. The van der Waals surface area contributed by atoms with Crippen LogP contribution in [0.4, 0.5) is 15.3 Å². The topological polar surface area (TPSA) is 132 Å². The van der Waals surface area contributed by atoms with Crippen LogP contribution in [0.5, 0.6) is 0 Å². The number of carbonyl (C=O) groups is 4. The number of aliphatic imine (C=N–C) groups is 1. The Kier molecular flexibility index (Phi) is 10.3. The van der Waals surface area contributed by atoms with Crippen molar-refractivity contribution >= 4 is 47.8 Å². The van der Waals surface area contributed by atoms with E-state index in [1.54, 1.807) is 48.2 Å². The number of aliphatic carboxylic acids is 1. The molecule has 41 heavy (non-hydrogen) atoms. The van der Waals surface area contributed by atoms with Crippen LogP contribution in [-0.2, 0) is 33.8 Å². The molecule has 11 nitrogen and oxygen atoms in total. The molecule has 0 radical (unpaired) electrons. The van der Waals surface area contributed by atoms with Crippen LogP contribution in [0.1, 0.15) is 50.8 Å². The standard InChI is InChI=1S/C29H36ClN5O6/c1-19(14-25(37)38)33(5)27(39)32-26(35(18-36)16-20-6-9-23(30)10-7-20)31-24-11-8-21-12-13-34(17-22(21)15-24)28(40)41-29(2,3)4/h6-11,15,18-19H,12-14,16-17H2,1-5H3,(H,37,38)(H,31,32,39). The van der Waals surface area contributed by atoms with E-state index in [4.69, 9.17) is 21.4 Å². The Labute approximate surface area is 244 Å². The minimum atomic E-state index is -1.04. The maximum Gasteiger partial charge on any atom is 0.410 e. The molecule has 0 spiro atoms. The van der Waals surface area contributed by atoms with Gasteiger partial charge in [-0.05, 0) is 75.1 Å². The highest BCUT2D eigenvalue weighted by molar-refractivity contribution is 6.30. The zero-order valence-corrected chi connectivity index (χ0v) is 24.6. The van der Waals surface area contributed by atoms with Crippen LogP contribution in [0.25, 0.3) is 0 Å². The third-order valence-electron chi connectivity index (χ3n) is 6.42. The Morgan fingerprint density at radius 3 is 2.46 bits per heavy atom. The Balaban J connectivity index is 1.92. The molecule has 2 aromatic carbocycles. The van der Waals surface area contributed by atoms with Gasteiger partial charge in [-0.1, -0.05) is 29.8 Å². The fourth-order valence-electron chi connectivity index (χ4n) is 4.10. The van der Waals surface area contributed by atoms with E-state index >= 15 is 0 Å². The quantitative estimate of drug-likeness (QED) is 0.273. The molecule has 1 unspecified atom stereocenters. The normalized spacial score (nSPS) is 14.0. The van der Waals surface area contributed by atoms with Crippen molar-refractivity contribution in [2.24, 2.45) is 4.99 Å². The molecule has 0 saturated heterocycles. The fraction of sp³-hybridized carbons (Fsp3) is 0.414. The second-order valence-corrected chi connectivity index (χ2v) is 11.3. The van der Waals surface area contributed by atoms with Gasteiger partial charge in [0.15, 0.2) is 0 Å². The van der Waals surface area contributed by atoms with Crippen molar-refractivity contribution in [2.75, 3.05) is 13.6 Å². The number of fused-ring (bicyclic) bond motifs is 1. The molecular formula is C29H36ClN5O6. The zero-order valence-electron chi connectivity index (χ0n) is 23.9. The third kappa shape index (κ3) is 9.21. The van der Waals surface area contributed by atoms with E-state index in [0.29, 0.717) is 36.6 Å². The summed E-state index contributed by atoms with van der Waals surface area (Å²) in [7, 11) is 1.47. The number of amides is 4. The lowest BCUT2D eigenvalue weighted by Gasteiger charge is -2.31. The monoisotopic (exact) mass is 585 g/mol. The first-order valence-electron chi connectivity index (χ1n) is 13.2. The van der Waals surface area contributed by atoms with Crippen LogP contribution in [0.15, 0.2) is 47.5 Å². The summed E-state index contributed by atoms with van der Waals surface area (Å²) in [6.45, 7) is 7.98. The Morgan fingerprint density at radius 1 is 1.17 bits per heavy atom. The van der Waals surface area contributed by atoms with Gasteiger partial charge in [-0.25, -0.2) is 14.6 Å². The van der Waals surface area contributed by atoms with Crippen LogP contribution in [-0.4, -0.2) is 75.5 Å². The van der Waals surface area contributed by atoms with E-state index < -0.39 is 29.7 Å². The Morgan fingerprint density at radius 2 is 1.85 bits per heavy atom. The molecule has 3 rings (SSSR count). The number of carboxylic acids is 1. The van der Waals surface area contributed by atoms with Gasteiger partial charge in [0.2, 0.25) is 12.4 Å². The van der Waals surface area contributed by atoms with E-state index in [-0.39, 0.29) is 18.9 Å². The first kappa shape index (κ1) is 31.4.